The average molecular weight is 327 g/mol. The smallest absolute Gasteiger partial charge is 0.128 e. The highest BCUT2D eigenvalue weighted by molar-refractivity contribution is 5.55. The van der Waals surface area contributed by atoms with E-state index in [4.69, 9.17) is 11.2 Å². The second-order valence-electron chi connectivity index (χ2n) is 7.85. The van der Waals surface area contributed by atoms with Crippen LogP contribution in [0.4, 0.5) is 0 Å². The molecule has 1 nitrogen and oxygen atoms in total. The fourth-order valence-corrected chi connectivity index (χ4v) is 3.71. The van der Waals surface area contributed by atoms with Gasteiger partial charge < -0.3 is 4.74 Å². The Morgan fingerprint density at radius 2 is 1.76 bits per heavy atom. The van der Waals surface area contributed by atoms with E-state index in [2.05, 4.69) is 63.7 Å². The number of hydrogen-bond acceptors (Lipinski definition) is 1. The molecule has 0 bridgehead atoms. The zero-order chi connectivity index (χ0) is 18.1. The topological polar surface area (TPSA) is 9.23 Å². The van der Waals surface area contributed by atoms with Gasteiger partial charge in [-0.05, 0) is 56.0 Å². The third kappa shape index (κ3) is 3.72. The Morgan fingerprint density at radius 3 is 2.44 bits per heavy atom. The van der Waals surface area contributed by atoms with E-state index in [0.717, 1.165) is 28.9 Å². The SMILES string of the molecule is C#CCc1cc(C#Cc2cc[c]cc2)cc2c1OC(C)(C)CC2(C)C. The molecule has 0 spiro atoms. The molecule has 1 radical (unpaired) electrons. The maximum absolute atomic E-state index is 6.31. The molecule has 1 aliphatic rings. The largest absolute Gasteiger partial charge is 0.487 e. The molecule has 125 valence electrons. The van der Waals surface area contributed by atoms with E-state index in [1.165, 1.54) is 5.56 Å². The normalized spacial score (nSPS) is 16.6. The fraction of sp³-hybridized carbons (Fsp3) is 0.333. The average Bonchev–Trinajstić information content (AvgIpc) is 2.53. The van der Waals surface area contributed by atoms with Gasteiger partial charge in [-0.3, -0.25) is 0 Å². The van der Waals surface area contributed by atoms with Gasteiger partial charge in [-0.15, -0.1) is 12.3 Å². The number of fused-ring (bicyclic) bond motifs is 1. The third-order valence-corrected chi connectivity index (χ3v) is 4.50. The Hall–Kier alpha value is -2.64. The predicted octanol–water partition coefficient (Wildman–Crippen LogP) is 4.90. The third-order valence-electron chi connectivity index (χ3n) is 4.50. The van der Waals surface area contributed by atoms with Crippen LogP contribution in [-0.4, -0.2) is 5.60 Å². The number of terminal acetylenes is 1. The van der Waals surface area contributed by atoms with Gasteiger partial charge in [0, 0.05) is 28.7 Å². The first-order valence-corrected chi connectivity index (χ1v) is 8.59. The van der Waals surface area contributed by atoms with Gasteiger partial charge in [0.1, 0.15) is 11.4 Å². The minimum atomic E-state index is -0.201. The summed E-state index contributed by atoms with van der Waals surface area (Å²) < 4.78 is 6.31. The maximum Gasteiger partial charge on any atom is 0.128 e. The predicted molar refractivity (Wildman–Crippen MR) is 103 cm³/mol. The summed E-state index contributed by atoms with van der Waals surface area (Å²) in [4.78, 5) is 0. The quantitative estimate of drug-likeness (QED) is 0.677. The molecule has 0 unspecified atom stereocenters. The van der Waals surface area contributed by atoms with Crippen LogP contribution in [-0.2, 0) is 11.8 Å². The highest BCUT2D eigenvalue weighted by Crippen LogP contribution is 2.46. The van der Waals surface area contributed by atoms with Crippen molar-refractivity contribution in [3.63, 3.8) is 0 Å². The van der Waals surface area contributed by atoms with Crippen LogP contribution in [0.25, 0.3) is 0 Å². The monoisotopic (exact) mass is 327 g/mol. The van der Waals surface area contributed by atoms with Crippen molar-refractivity contribution in [1.82, 2.24) is 0 Å². The summed E-state index contributed by atoms with van der Waals surface area (Å²) in [5.74, 6) is 10.2. The lowest BCUT2D eigenvalue weighted by Gasteiger charge is -2.43. The van der Waals surface area contributed by atoms with Gasteiger partial charge in [0.05, 0.1) is 0 Å². The molecule has 3 rings (SSSR count). The lowest BCUT2D eigenvalue weighted by molar-refractivity contribution is 0.0523. The summed E-state index contributed by atoms with van der Waals surface area (Å²) >= 11 is 0. The molecule has 0 saturated heterocycles. The molecule has 2 aromatic rings. The molecular formula is C24H23O. The van der Waals surface area contributed by atoms with Gasteiger partial charge in [-0.1, -0.05) is 37.8 Å². The summed E-state index contributed by atoms with van der Waals surface area (Å²) in [6.45, 7) is 8.80. The van der Waals surface area contributed by atoms with Crippen LogP contribution in [0.3, 0.4) is 0 Å². The van der Waals surface area contributed by atoms with Crippen molar-refractivity contribution in [3.05, 3.63) is 64.7 Å². The molecule has 0 aromatic heterocycles. The Balaban J connectivity index is 2.11. The first kappa shape index (κ1) is 17.2. The van der Waals surface area contributed by atoms with Gasteiger partial charge in [0.25, 0.3) is 0 Å². The Morgan fingerprint density at radius 1 is 1.08 bits per heavy atom. The van der Waals surface area contributed by atoms with Crippen LogP contribution in [0, 0.1) is 30.3 Å². The molecule has 0 saturated carbocycles. The van der Waals surface area contributed by atoms with Gasteiger partial charge in [-0.2, -0.15) is 0 Å². The lowest BCUT2D eigenvalue weighted by atomic mass is 9.72. The first-order chi connectivity index (χ1) is 11.8. The molecule has 1 heteroatoms. The number of benzene rings is 2. The first-order valence-electron chi connectivity index (χ1n) is 8.59. The van der Waals surface area contributed by atoms with E-state index in [0.29, 0.717) is 6.42 Å². The molecule has 0 amide bonds. The Bertz CT molecular complexity index is 883. The van der Waals surface area contributed by atoms with Crippen LogP contribution in [0.5, 0.6) is 5.75 Å². The van der Waals surface area contributed by atoms with Gasteiger partial charge in [0.2, 0.25) is 0 Å². The summed E-state index contributed by atoms with van der Waals surface area (Å²) in [6, 6.07) is 14.9. The standard InChI is InChI=1S/C24H23O/c1-6-10-20-15-19(14-13-18-11-8-7-9-12-18)16-21-22(20)25-24(4,5)17-23(21,2)3/h1,8-9,11-12,15-16H,10,17H2,2-5H3. The van der Waals surface area contributed by atoms with Crippen molar-refractivity contribution in [2.24, 2.45) is 0 Å². The minimum absolute atomic E-state index is 0.0137. The van der Waals surface area contributed by atoms with Crippen molar-refractivity contribution in [2.75, 3.05) is 0 Å². The van der Waals surface area contributed by atoms with Crippen molar-refractivity contribution in [2.45, 2.75) is 51.6 Å². The van der Waals surface area contributed by atoms with Crippen LogP contribution in [0.2, 0.25) is 0 Å². The minimum Gasteiger partial charge on any atom is -0.487 e. The number of ether oxygens (including phenoxy) is 1. The Kier molecular flexibility index (Phi) is 4.36. The summed E-state index contributed by atoms with van der Waals surface area (Å²) in [5.41, 5.74) is 4.02. The summed E-state index contributed by atoms with van der Waals surface area (Å²) in [7, 11) is 0. The van der Waals surface area contributed by atoms with Crippen LogP contribution >= 0.6 is 0 Å². The van der Waals surface area contributed by atoms with Crippen molar-refractivity contribution in [1.29, 1.82) is 0 Å². The van der Waals surface area contributed by atoms with E-state index in [1.807, 2.05) is 24.3 Å². The van der Waals surface area contributed by atoms with Gasteiger partial charge >= 0.3 is 0 Å². The van der Waals surface area contributed by atoms with E-state index in [1.54, 1.807) is 0 Å². The van der Waals surface area contributed by atoms with Gasteiger partial charge in [-0.25, -0.2) is 0 Å². The van der Waals surface area contributed by atoms with Crippen LogP contribution in [0.15, 0.2) is 36.4 Å². The highest BCUT2D eigenvalue weighted by Gasteiger charge is 2.40. The second kappa shape index (κ2) is 6.34. The maximum atomic E-state index is 6.31. The van der Waals surface area contributed by atoms with Crippen LogP contribution < -0.4 is 4.74 Å². The van der Waals surface area contributed by atoms with E-state index in [9.17, 15) is 0 Å². The molecule has 1 heterocycles. The van der Waals surface area contributed by atoms with E-state index in [-0.39, 0.29) is 11.0 Å². The fourth-order valence-electron chi connectivity index (χ4n) is 3.71. The lowest BCUT2D eigenvalue weighted by Crippen LogP contribution is -2.41. The zero-order valence-corrected chi connectivity index (χ0v) is 15.4. The Labute approximate surface area is 151 Å². The zero-order valence-electron chi connectivity index (χ0n) is 15.4. The van der Waals surface area contributed by atoms with E-state index >= 15 is 0 Å². The molecular weight excluding hydrogens is 304 g/mol. The summed E-state index contributed by atoms with van der Waals surface area (Å²) in [5, 5.41) is 0. The molecule has 0 atom stereocenters. The number of rotatable bonds is 1. The molecule has 0 N–H and O–H groups in total. The van der Waals surface area contributed by atoms with Crippen molar-refractivity contribution >= 4 is 0 Å². The highest BCUT2D eigenvalue weighted by atomic mass is 16.5. The molecule has 0 fully saturated rings. The second-order valence-corrected chi connectivity index (χ2v) is 7.85. The van der Waals surface area contributed by atoms with Crippen molar-refractivity contribution in [3.8, 4) is 29.9 Å². The summed E-state index contributed by atoms with van der Waals surface area (Å²) in [6.07, 6.45) is 7.10. The molecule has 0 aliphatic carbocycles. The van der Waals surface area contributed by atoms with Crippen molar-refractivity contribution < 1.29 is 4.74 Å². The molecule has 2 aromatic carbocycles. The van der Waals surface area contributed by atoms with E-state index < -0.39 is 0 Å². The van der Waals surface area contributed by atoms with Gasteiger partial charge in [0.15, 0.2) is 0 Å². The number of hydrogen-bond donors (Lipinski definition) is 0. The molecule has 25 heavy (non-hydrogen) atoms. The molecule has 1 aliphatic heterocycles. The van der Waals surface area contributed by atoms with Crippen LogP contribution in [0.1, 0.15) is 56.4 Å².